The molecule has 0 atom stereocenters. The van der Waals surface area contributed by atoms with E-state index in [1.807, 2.05) is 37.3 Å². The summed E-state index contributed by atoms with van der Waals surface area (Å²) in [6.45, 7) is 3.03. The van der Waals surface area contributed by atoms with Gasteiger partial charge >= 0.3 is 0 Å². The van der Waals surface area contributed by atoms with Crippen molar-refractivity contribution in [1.82, 2.24) is 5.32 Å². The fourth-order valence-electron chi connectivity index (χ4n) is 2.10. The maximum absolute atomic E-state index is 13.0. The van der Waals surface area contributed by atoms with Gasteiger partial charge in [-0.25, -0.2) is 4.39 Å². The van der Waals surface area contributed by atoms with Gasteiger partial charge in [0, 0.05) is 12.6 Å². The molecule has 3 nitrogen and oxygen atoms in total. The molecule has 1 N–H and O–H groups in total. The molecule has 23 heavy (non-hydrogen) atoms. The molecule has 2 aromatic rings. The lowest BCUT2D eigenvalue weighted by atomic mass is 10.1. The number of amides is 1. The number of carbonyl (C=O) groups is 1. The third-order valence-electron chi connectivity index (χ3n) is 3.22. The third-order valence-corrected chi connectivity index (χ3v) is 3.22. The molecule has 0 heterocycles. The Hall–Kier alpha value is -2.62. The smallest absolute Gasteiger partial charge is 0.244 e. The molecule has 2 aromatic carbocycles. The summed E-state index contributed by atoms with van der Waals surface area (Å²) in [5, 5.41) is 2.78. The summed E-state index contributed by atoms with van der Waals surface area (Å²) in [4.78, 5) is 11.7. The van der Waals surface area contributed by atoms with Crippen LogP contribution in [0.4, 0.5) is 4.39 Å². The Bertz CT molecular complexity index is 665. The average Bonchev–Trinajstić information content (AvgIpc) is 2.55. The van der Waals surface area contributed by atoms with Crippen molar-refractivity contribution >= 4 is 12.0 Å². The van der Waals surface area contributed by atoms with Crippen LogP contribution in [0.15, 0.2) is 54.6 Å². The number of benzene rings is 2. The standard InChI is InChI=1S/C19H20FNO2/c1-2-23-18-9-6-15(7-10-18)8-11-19(22)21-13-12-16-4-3-5-17(20)14-16/h3-11,14H,2,12-13H2,1H3,(H,21,22)/b11-8+. The Kier molecular flexibility index (Phi) is 6.36. The zero-order chi connectivity index (χ0) is 16.5. The topological polar surface area (TPSA) is 38.3 Å². The second kappa shape index (κ2) is 8.73. The average molecular weight is 313 g/mol. The summed E-state index contributed by atoms with van der Waals surface area (Å²) < 4.78 is 18.4. The van der Waals surface area contributed by atoms with Crippen LogP contribution in [-0.4, -0.2) is 19.1 Å². The normalized spacial score (nSPS) is 10.7. The van der Waals surface area contributed by atoms with E-state index in [0.29, 0.717) is 19.6 Å². The third kappa shape index (κ3) is 5.94. The lowest BCUT2D eigenvalue weighted by molar-refractivity contribution is -0.116. The van der Waals surface area contributed by atoms with Gasteiger partial charge in [0.05, 0.1) is 6.61 Å². The number of halogens is 1. The first kappa shape index (κ1) is 16.7. The minimum atomic E-state index is -0.260. The number of carbonyl (C=O) groups excluding carboxylic acids is 1. The molecule has 0 unspecified atom stereocenters. The number of nitrogens with one attached hydrogen (secondary N) is 1. The highest BCUT2D eigenvalue weighted by atomic mass is 19.1. The van der Waals surface area contributed by atoms with Gasteiger partial charge in [-0.1, -0.05) is 24.3 Å². The maximum Gasteiger partial charge on any atom is 0.244 e. The van der Waals surface area contributed by atoms with E-state index in [9.17, 15) is 9.18 Å². The van der Waals surface area contributed by atoms with Crippen molar-refractivity contribution < 1.29 is 13.9 Å². The van der Waals surface area contributed by atoms with Crippen LogP contribution in [0.2, 0.25) is 0 Å². The summed E-state index contributed by atoms with van der Waals surface area (Å²) in [6.07, 6.45) is 3.83. The molecular weight excluding hydrogens is 293 g/mol. The zero-order valence-corrected chi connectivity index (χ0v) is 13.1. The number of hydrogen-bond acceptors (Lipinski definition) is 2. The van der Waals surface area contributed by atoms with Gasteiger partial charge in [0.2, 0.25) is 5.91 Å². The first-order valence-electron chi connectivity index (χ1n) is 7.60. The molecule has 0 aromatic heterocycles. The van der Waals surface area contributed by atoms with Crippen LogP contribution in [0.3, 0.4) is 0 Å². The predicted molar refractivity (Wildman–Crippen MR) is 89.8 cm³/mol. The minimum absolute atomic E-state index is 0.171. The van der Waals surface area contributed by atoms with Crippen molar-refractivity contribution in [3.63, 3.8) is 0 Å². The van der Waals surface area contributed by atoms with Gasteiger partial charge in [0.15, 0.2) is 0 Å². The lowest BCUT2D eigenvalue weighted by Gasteiger charge is -2.03. The van der Waals surface area contributed by atoms with E-state index in [1.165, 1.54) is 18.2 Å². The van der Waals surface area contributed by atoms with Crippen molar-refractivity contribution in [3.05, 3.63) is 71.6 Å². The fraction of sp³-hybridized carbons (Fsp3) is 0.211. The molecule has 120 valence electrons. The van der Waals surface area contributed by atoms with Crippen LogP contribution >= 0.6 is 0 Å². The predicted octanol–water partition coefficient (Wildman–Crippen LogP) is 3.60. The molecule has 4 heteroatoms. The van der Waals surface area contributed by atoms with Crippen LogP contribution < -0.4 is 10.1 Å². The van der Waals surface area contributed by atoms with E-state index in [4.69, 9.17) is 4.74 Å². The first-order chi connectivity index (χ1) is 11.2. The highest BCUT2D eigenvalue weighted by Gasteiger charge is 1.98. The first-order valence-corrected chi connectivity index (χ1v) is 7.60. The molecule has 0 spiro atoms. The molecule has 0 radical (unpaired) electrons. The molecule has 0 fully saturated rings. The van der Waals surface area contributed by atoms with Crippen LogP contribution in [-0.2, 0) is 11.2 Å². The molecule has 0 aliphatic rings. The van der Waals surface area contributed by atoms with Crippen LogP contribution in [0, 0.1) is 5.82 Å². The molecule has 2 rings (SSSR count). The molecular formula is C19H20FNO2. The molecule has 0 aliphatic carbocycles. The van der Waals surface area contributed by atoms with E-state index >= 15 is 0 Å². The summed E-state index contributed by atoms with van der Waals surface area (Å²) >= 11 is 0. The highest BCUT2D eigenvalue weighted by Crippen LogP contribution is 2.12. The van der Waals surface area contributed by atoms with E-state index in [-0.39, 0.29) is 11.7 Å². The van der Waals surface area contributed by atoms with E-state index in [1.54, 1.807) is 12.1 Å². The maximum atomic E-state index is 13.0. The van der Waals surface area contributed by atoms with Gasteiger partial charge < -0.3 is 10.1 Å². The van der Waals surface area contributed by atoms with Crippen LogP contribution in [0.25, 0.3) is 6.08 Å². The fourth-order valence-corrected chi connectivity index (χ4v) is 2.10. The van der Waals surface area contributed by atoms with Gasteiger partial charge in [0.1, 0.15) is 11.6 Å². The van der Waals surface area contributed by atoms with Crippen molar-refractivity contribution in [2.24, 2.45) is 0 Å². The van der Waals surface area contributed by atoms with Crippen molar-refractivity contribution in [2.75, 3.05) is 13.2 Å². The number of rotatable bonds is 7. The Morgan fingerprint density at radius 2 is 2.00 bits per heavy atom. The van der Waals surface area contributed by atoms with Gasteiger partial charge in [-0.05, 0) is 54.8 Å². The van der Waals surface area contributed by atoms with Gasteiger partial charge in [-0.15, -0.1) is 0 Å². The Morgan fingerprint density at radius 3 is 2.70 bits per heavy atom. The lowest BCUT2D eigenvalue weighted by Crippen LogP contribution is -2.23. The Labute approximate surface area is 135 Å². The number of hydrogen-bond donors (Lipinski definition) is 1. The summed E-state index contributed by atoms with van der Waals surface area (Å²) in [6, 6.07) is 13.9. The van der Waals surface area contributed by atoms with Crippen molar-refractivity contribution in [1.29, 1.82) is 0 Å². The zero-order valence-electron chi connectivity index (χ0n) is 13.1. The largest absolute Gasteiger partial charge is 0.494 e. The second-order valence-corrected chi connectivity index (χ2v) is 5.01. The van der Waals surface area contributed by atoms with E-state index < -0.39 is 0 Å². The van der Waals surface area contributed by atoms with E-state index in [0.717, 1.165) is 16.9 Å². The summed E-state index contributed by atoms with van der Waals surface area (Å²) in [7, 11) is 0. The van der Waals surface area contributed by atoms with Gasteiger partial charge in [0.25, 0.3) is 0 Å². The summed E-state index contributed by atoms with van der Waals surface area (Å²) in [5.41, 5.74) is 1.79. The van der Waals surface area contributed by atoms with Crippen LogP contribution in [0.5, 0.6) is 5.75 Å². The van der Waals surface area contributed by atoms with Crippen LogP contribution in [0.1, 0.15) is 18.1 Å². The Morgan fingerprint density at radius 1 is 1.22 bits per heavy atom. The molecule has 0 aliphatic heterocycles. The van der Waals surface area contributed by atoms with Crippen molar-refractivity contribution in [3.8, 4) is 5.75 Å². The van der Waals surface area contributed by atoms with E-state index in [2.05, 4.69) is 5.32 Å². The SMILES string of the molecule is CCOc1ccc(/C=C/C(=O)NCCc2cccc(F)c2)cc1. The monoisotopic (exact) mass is 313 g/mol. The molecule has 0 bridgehead atoms. The minimum Gasteiger partial charge on any atom is -0.494 e. The molecule has 1 amide bonds. The molecule has 0 saturated heterocycles. The second-order valence-electron chi connectivity index (χ2n) is 5.01. The van der Waals surface area contributed by atoms with Crippen molar-refractivity contribution in [2.45, 2.75) is 13.3 Å². The van der Waals surface area contributed by atoms with Gasteiger partial charge in [-0.2, -0.15) is 0 Å². The highest BCUT2D eigenvalue weighted by molar-refractivity contribution is 5.91. The quantitative estimate of drug-likeness (QED) is 0.793. The molecule has 0 saturated carbocycles. The van der Waals surface area contributed by atoms with Gasteiger partial charge in [-0.3, -0.25) is 4.79 Å². The Balaban J connectivity index is 1.77. The number of ether oxygens (including phenoxy) is 1. The summed E-state index contributed by atoms with van der Waals surface area (Å²) in [5.74, 6) is 0.378.